The number of likely N-dealkylation sites (tertiary alicyclic amines) is 1. The highest BCUT2D eigenvalue weighted by molar-refractivity contribution is 7.98. The maximum atomic E-state index is 13.9. The van der Waals surface area contributed by atoms with Crippen LogP contribution in [0.5, 0.6) is 0 Å². The van der Waals surface area contributed by atoms with Crippen molar-refractivity contribution >= 4 is 11.8 Å². The van der Waals surface area contributed by atoms with Crippen molar-refractivity contribution in [3.8, 4) is 0 Å². The fourth-order valence-electron chi connectivity index (χ4n) is 5.64. The van der Waals surface area contributed by atoms with Crippen LogP contribution in [0.15, 0.2) is 53.4 Å². The molecule has 2 N–H and O–H groups in total. The van der Waals surface area contributed by atoms with Gasteiger partial charge in [-0.2, -0.15) is 0 Å². The summed E-state index contributed by atoms with van der Waals surface area (Å²) < 4.78 is 33.2. The van der Waals surface area contributed by atoms with Gasteiger partial charge in [-0.3, -0.25) is 10.2 Å². The number of nitrogens with zero attached hydrogens (tertiary/aromatic N) is 1. The molecular formula is C26H32F2N2O2S. The van der Waals surface area contributed by atoms with Gasteiger partial charge in [-0.15, -0.1) is 11.8 Å². The average molecular weight is 475 g/mol. The van der Waals surface area contributed by atoms with Gasteiger partial charge in [0.2, 0.25) is 0 Å². The molecule has 7 heteroatoms. The van der Waals surface area contributed by atoms with Crippen molar-refractivity contribution in [2.45, 2.75) is 54.8 Å². The van der Waals surface area contributed by atoms with Crippen LogP contribution in [0, 0.1) is 5.41 Å². The molecule has 4 nitrogen and oxygen atoms in total. The largest absolute Gasteiger partial charge is 0.380 e. The van der Waals surface area contributed by atoms with Crippen LogP contribution < -0.4 is 5.32 Å². The van der Waals surface area contributed by atoms with Gasteiger partial charge in [0.15, 0.2) is 0 Å². The molecule has 2 aliphatic heterocycles. The summed E-state index contributed by atoms with van der Waals surface area (Å²) in [6.07, 6.45) is 4.19. The van der Waals surface area contributed by atoms with E-state index in [2.05, 4.69) is 22.3 Å². The molecule has 1 aliphatic carbocycles. The summed E-state index contributed by atoms with van der Waals surface area (Å²) in [5.41, 5.74) is 2.00. The van der Waals surface area contributed by atoms with E-state index < -0.39 is 12.2 Å². The third kappa shape index (κ3) is 4.12. The normalized spacial score (nSPS) is 23.3. The number of ether oxygens (including phenoxy) is 1. The van der Waals surface area contributed by atoms with Crippen molar-refractivity contribution in [1.82, 2.24) is 10.2 Å². The Bertz CT molecular complexity index is 982. The van der Waals surface area contributed by atoms with E-state index in [9.17, 15) is 13.9 Å². The summed E-state index contributed by atoms with van der Waals surface area (Å²) in [5, 5.41) is 14.8. The zero-order chi connectivity index (χ0) is 23.3. The number of thioether (sulfide) groups is 1. The molecule has 2 aromatic carbocycles. The van der Waals surface area contributed by atoms with E-state index >= 15 is 0 Å². The maximum absolute atomic E-state index is 13.9. The Kier molecular flexibility index (Phi) is 6.07. The number of nitrogens with one attached hydrogen (secondary N) is 1. The standard InChI is InChI=1S/C26H32F2N2O2S/c1-24(27,28)19-9-10-20(21(13-19)33-2)23(31)29-22(18-7-4-3-5-8-18)26(11-6-12-26)30-14-25(15-30)16-32-17-25/h3-5,7-10,13,22-23,29,31H,6,11-12,14-17H2,1-2H3. The smallest absolute Gasteiger partial charge is 0.270 e. The van der Waals surface area contributed by atoms with Crippen LogP contribution in [-0.4, -0.2) is 48.1 Å². The molecule has 0 bridgehead atoms. The molecule has 3 fully saturated rings. The first-order chi connectivity index (χ1) is 15.8. The monoisotopic (exact) mass is 474 g/mol. The van der Waals surface area contributed by atoms with Gasteiger partial charge in [0.1, 0.15) is 6.23 Å². The summed E-state index contributed by atoms with van der Waals surface area (Å²) in [5.74, 6) is -2.91. The van der Waals surface area contributed by atoms with Gasteiger partial charge in [-0.25, -0.2) is 8.78 Å². The predicted molar refractivity (Wildman–Crippen MR) is 126 cm³/mol. The van der Waals surface area contributed by atoms with Crippen LogP contribution >= 0.6 is 11.8 Å². The Morgan fingerprint density at radius 3 is 2.33 bits per heavy atom. The molecule has 2 unspecified atom stereocenters. The minimum absolute atomic E-state index is 0.0357. The molecule has 0 radical (unpaired) electrons. The van der Waals surface area contributed by atoms with E-state index in [-0.39, 0.29) is 17.1 Å². The van der Waals surface area contributed by atoms with Crippen molar-refractivity contribution in [2.24, 2.45) is 5.41 Å². The number of aliphatic hydroxyl groups excluding tert-OH is 1. The van der Waals surface area contributed by atoms with E-state index in [1.54, 1.807) is 6.07 Å². The summed E-state index contributed by atoms with van der Waals surface area (Å²) >= 11 is 1.38. The maximum Gasteiger partial charge on any atom is 0.270 e. The number of hydrogen-bond acceptors (Lipinski definition) is 5. The van der Waals surface area contributed by atoms with Crippen molar-refractivity contribution in [2.75, 3.05) is 32.6 Å². The van der Waals surface area contributed by atoms with E-state index in [1.807, 2.05) is 24.5 Å². The first-order valence-electron chi connectivity index (χ1n) is 11.6. The van der Waals surface area contributed by atoms with Gasteiger partial charge in [0.25, 0.3) is 5.92 Å². The fourth-order valence-corrected chi connectivity index (χ4v) is 6.30. The highest BCUT2D eigenvalue weighted by Crippen LogP contribution is 2.53. The molecular weight excluding hydrogens is 442 g/mol. The highest BCUT2D eigenvalue weighted by atomic mass is 32.2. The van der Waals surface area contributed by atoms with Crippen LogP contribution in [-0.2, 0) is 10.7 Å². The lowest BCUT2D eigenvalue weighted by Crippen LogP contribution is -2.75. The molecule has 178 valence electrons. The van der Waals surface area contributed by atoms with Gasteiger partial charge in [0.05, 0.1) is 19.3 Å². The van der Waals surface area contributed by atoms with Crippen LogP contribution in [0.1, 0.15) is 55.1 Å². The minimum Gasteiger partial charge on any atom is -0.380 e. The van der Waals surface area contributed by atoms with Crippen LogP contribution in [0.4, 0.5) is 8.78 Å². The van der Waals surface area contributed by atoms with Crippen LogP contribution in [0.3, 0.4) is 0 Å². The Labute approximate surface area is 198 Å². The minimum atomic E-state index is -2.91. The summed E-state index contributed by atoms with van der Waals surface area (Å²) in [6.45, 7) is 4.66. The molecule has 2 heterocycles. The van der Waals surface area contributed by atoms with Gasteiger partial charge in [-0.1, -0.05) is 42.5 Å². The van der Waals surface area contributed by atoms with Crippen LogP contribution in [0.25, 0.3) is 0 Å². The Hall–Kier alpha value is -1.51. The van der Waals surface area contributed by atoms with Crippen molar-refractivity contribution in [3.05, 3.63) is 65.2 Å². The lowest BCUT2D eigenvalue weighted by atomic mass is 9.63. The zero-order valence-electron chi connectivity index (χ0n) is 19.2. The van der Waals surface area contributed by atoms with Gasteiger partial charge in [-0.05, 0) is 37.1 Å². The van der Waals surface area contributed by atoms with Crippen molar-refractivity contribution in [1.29, 1.82) is 0 Å². The van der Waals surface area contributed by atoms with E-state index in [0.29, 0.717) is 15.9 Å². The molecule has 0 aromatic heterocycles. The predicted octanol–water partition coefficient (Wildman–Crippen LogP) is 5.10. The quantitative estimate of drug-likeness (QED) is 0.412. The van der Waals surface area contributed by atoms with Gasteiger partial charge in [0, 0.05) is 47.0 Å². The number of benzene rings is 2. The Balaban J connectivity index is 1.44. The summed E-state index contributed by atoms with van der Waals surface area (Å²) in [7, 11) is 0. The molecule has 5 rings (SSSR count). The van der Waals surface area contributed by atoms with Crippen molar-refractivity contribution in [3.63, 3.8) is 0 Å². The third-order valence-corrected chi connectivity index (χ3v) is 8.54. The highest BCUT2D eigenvalue weighted by Gasteiger charge is 2.59. The first kappa shape index (κ1) is 23.2. The molecule has 2 atom stereocenters. The zero-order valence-corrected chi connectivity index (χ0v) is 20.0. The van der Waals surface area contributed by atoms with E-state index in [0.717, 1.165) is 58.1 Å². The molecule has 3 aliphatic rings. The first-order valence-corrected chi connectivity index (χ1v) is 12.9. The molecule has 1 spiro atoms. The second-order valence-electron chi connectivity index (χ2n) is 10.1. The number of rotatable bonds is 8. The second-order valence-corrected chi connectivity index (χ2v) is 10.9. The lowest BCUT2D eigenvalue weighted by Gasteiger charge is -2.66. The number of halogens is 2. The molecule has 2 saturated heterocycles. The summed E-state index contributed by atoms with van der Waals surface area (Å²) in [4.78, 5) is 3.24. The van der Waals surface area contributed by atoms with Gasteiger partial charge < -0.3 is 9.84 Å². The van der Waals surface area contributed by atoms with Gasteiger partial charge >= 0.3 is 0 Å². The molecule has 2 aromatic rings. The molecule has 33 heavy (non-hydrogen) atoms. The van der Waals surface area contributed by atoms with E-state index in [1.165, 1.54) is 23.9 Å². The second kappa shape index (κ2) is 8.61. The lowest BCUT2D eigenvalue weighted by molar-refractivity contribution is -0.230. The topological polar surface area (TPSA) is 44.7 Å². The summed E-state index contributed by atoms with van der Waals surface area (Å²) in [6, 6.07) is 14.8. The van der Waals surface area contributed by atoms with Crippen LogP contribution in [0.2, 0.25) is 0 Å². The fraction of sp³-hybridized carbons (Fsp3) is 0.538. The number of aliphatic hydroxyl groups is 1. The Morgan fingerprint density at radius 2 is 1.82 bits per heavy atom. The SMILES string of the molecule is CSc1cc(C(C)(F)F)ccc1C(O)NC(c1ccccc1)C1(N2CC3(COC3)C2)CCC1. The Morgan fingerprint density at radius 1 is 1.12 bits per heavy atom. The number of alkyl halides is 2. The molecule has 1 saturated carbocycles. The average Bonchev–Trinajstić information content (AvgIpc) is 2.71. The van der Waals surface area contributed by atoms with Crippen molar-refractivity contribution < 1.29 is 18.6 Å². The van der Waals surface area contributed by atoms with E-state index in [4.69, 9.17) is 4.74 Å². The number of hydrogen-bond donors (Lipinski definition) is 2. The third-order valence-electron chi connectivity index (χ3n) is 7.75. The molecule has 0 amide bonds.